The Morgan fingerprint density at radius 2 is 2.25 bits per heavy atom. The molecule has 0 bridgehead atoms. The lowest BCUT2D eigenvalue weighted by Gasteiger charge is -2.03. The van der Waals surface area contributed by atoms with E-state index in [4.69, 9.17) is 0 Å². The Morgan fingerprint density at radius 3 is 2.92 bits per heavy atom. The number of carbonyl (C=O) groups is 1. The van der Waals surface area contributed by atoms with Crippen molar-refractivity contribution in [1.82, 2.24) is 24.6 Å². The third-order valence-corrected chi connectivity index (χ3v) is 4.11. The monoisotopic (exact) mass is 329 g/mol. The van der Waals surface area contributed by atoms with Crippen LogP contribution in [0.1, 0.15) is 45.1 Å². The number of unbranched alkanes of at least 4 members (excludes halogenated alkanes) is 1. The molecular formula is C17H23N5O2. The van der Waals surface area contributed by atoms with E-state index in [1.165, 1.54) is 4.68 Å². The molecule has 128 valence electrons. The van der Waals surface area contributed by atoms with Crippen LogP contribution in [0.4, 0.5) is 0 Å². The van der Waals surface area contributed by atoms with Gasteiger partial charge in [0.15, 0.2) is 5.82 Å². The van der Waals surface area contributed by atoms with Crippen molar-refractivity contribution in [3.05, 3.63) is 35.0 Å². The molecule has 1 aliphatic rings. The Balaban J connectivity index is 1.73. The predicted octanol–water partition coefficient (Wildman–Crippen LogP) is 1.75. The molecule has 0 radical (unpaired) electrons. The molecule has 1 fully saturated rings. The lowest BCUT2D eigenvalue weighted by Crippen LogP contribution is -2.32. The van der Waals surface area contributed by atoms with Crippen LogP contribution in [-0.4, -0.2) is 31.8 Å². The van der Waals surface area contributed by atoms with Crippen molar-refractivity contribution in [3.63, 3.8) is 0 Å². The molecule has 0 atom stereocenters. The highest BCUT2D eigenvalue weighted by molar-refractivity contribution is 5.75. The van der Waals surface area contributed by atoms with Crippen LogP contribution in [-0.2, 0) is 11.3 Å². The molecule has 1 amide bonds. The molecule has 0 saturated heterocycles. The average Bonchev–Trinajstić information content (AvgIpc) is 3.38. The van der Waals surface area contributed by atoms with Crippen molar-refractivity contribution in [3.8, 4) is 11.4 Å². The first-order valence-corrected chi connectivity index (χ1v) is 8.57. The van der Waals surface area contributed by atoms with Crippen LogP contribution in [0.25, 0.3) is 11.4 Å². The van der Waals surface area contributed by atoms with Crippen molar-refractivity contribution in [2.75, 3.05) is 6.54 Å². The maximum absolute atomic E-state index is 12.6. The Kier molecular flexibility index (Phi) is 5.08. The lowest BCUT2D eigenvalue weighted by atomic mass is 10.2. The lowest BCUT2D eigenvalue weighted by molar-refractivity contribution is -0.121. The first-order chi connectivity index (χ1) is 11.7. The van der Waals surface area contributed by atoms with E-state index in [1.807, 2.05) is 12.1 Å². The fourth-order valence-corrected chi connectivity index (χ4v) is 2.65. The first kappa shape index (κ1) is 16.4. The topological polar surface area (TPSA) is 81.8 Å². The molecule has 2 aromatic rings. The van der Waals surface area contributed by atoms with Crippen LogP contribution in [0, 0.1) is 0 Å². The Hall–Kier alpha value is -2.44. The van der Waals surface area contributed by atoms with Crippen LogP contribution in [0.15, 0.2) is 29.3 Å². The number of carbonyl (C=O) groups excluding carboxylic acids is 1. The van der Waals surface area contributed by atoms with Gasteiger partial charge in [-0.1, -0.05) is 13.3 Å². The molecule has 0 spiro atoms. The van der Waals surface area contributed by atoms with Crippen molar-refractivity contribution in [2.24, 2.45) is 0 Å². The number of aromatic nitrogens is 4. The molecule has 2 aromatic heterocycles. The minimum atomic E-state index is -0.112. The number of rotatable bonds is 8. The van der Waals surface area contributed by atoms with Gasteiger partial charge in [-0.05, 0) is 31.4 Å². The Morgan fingerprint density at radius 1 is 1.42 bits per heavy atom. The highest BCUT2D eigenvalue weighted by Crippen LogP contribution is 2.36. The van der Waals surface area contributed by atoms with Crippen molar-refractivity contribution in [2.45, 2.75) is 51.6 Å². The van der Waals surface area contributed by atoms with Crippen molar-refractivity contribution in [1.29, 1.82) is 0 Å². The summed E-state index contributed by atoms with van der Waals surface area (Å²) in [6.45, 7) is 2.84. The number of nitrogens with one attached hydrogen (secondary N) is 1. The van der Waals surface area contributed by atoms with E-state index in [-0.39, 0.29) is 17.6 Å². The molecular weight excluding hydrogens is 306 g/mol. The summed E-state index contributed by atoms with van der Waals surface area (Å²) in [5.74, 6) is 0.687. The highest BCUT2D eigenvalue weighted by atomic mass is 16.2. The van der Waals surface area contributed by atoms with E-state index < -0.39 is 0 Å². The first-order valence-electron chi connectivity index (χ1n) is 8.57. The summed E-state index contributed by atoms with van der Waals surface area (Å²) in [7, 11) is 0. The molecule has 1 saturated carbocycles. The van der Waals surface area contributed by atoms with Gasteiger partial charge >= 0.3 is 5.69 Å². The zero-order valence-electron chi connectivity index (χ0n) is 13.9. The summed E-state index contributed by atoms with van der Waals surface area (Å²) >= 11 is 0. The second-order valence-electron chi connectivity index (χ2n) is 6.13. The van der Waals surface area contributed by atoms with Crippen molar-refractivity contribution < 1.29 is 4.79 Å². The maximum Gasteiger partial charge on any atom is 0.346 e. The van der Waals surface area contributed by atoms with Crippen LogP contribution in [0.3, 0.4) is 0 Å². The maximum atomic E-state index is 12.6. The SMILES string of the molecule is CCCCC(=O)NCCn1nc(-c2cccnc2)n(C2CC2)c1=O. The molecule has 3 rings (SSSR count). The van der Waals surface area contributed by atoms with E-state index in [0.717, 1.165) is 31.2 Å². The van der Waals surface area contributed by atoms with Gasteiger partial charge in [-0.15, -0.1) is 5.10 Å². The van der Waals surface area contributed by atoms with Crippen LogP contribution in [0.5, 0.6) is 0 Å². The largest absolute Gasteiger partial charge is 0.354 e. The summed E-state index contributed by atoms with van der Waals surface area (Å²) in [6, 6.07) is 3.98. The van der Waals surface area contributed by atoms with Gasteiger partial charge in [0, 0.05) is 37.0 Å². The van der Waals surface area contributed by atoms with E-state index in [9.17, 15) is 9.59 Å². The predicted molar refractivity (Wildman–Crippen MR) is 90.5 cm³/mol. The van der Waals surface area contributed by atoms with Gasteiger partial charge in [0.2, 0.25) is 5.91 Å². The Bertz CT molecular complexity index is 746. The van der Waals surface area contributed by atoms with Gasteiger partial charge in [-0.2, -0.15) is 0 Å². The average molecular weight is 329 g/mol. The second kappa shape index (κ2) is 7.42. The fourth-order valence-electron chi connectivity index (χ4n) is 2.65. The van der Waals surface area contributed by atoms with Gasteiger partial charge in [-0.25, -0.2) is 9.48 Å². The molecule has 2 heterocycles. The molecule has 7 heteroatoms. The van der Waals surface area contributed by atoms with E-state index in [0.29, 0.717) is 25.3 Å². The third-order valence-electron chi connectivity index (χ3n) is 4.11. The highest BCUT2D eigenvalue weighted by Gasteiger charge is 2.30. The number of hydrogen-bond donors (Lipinski definition) is 1. The smallest absolute Gasteiger partial charge is 0.346 e. The fraction of sp³-hybridized carbons (Fsp3) is 0.529. The zero-order chi connectivity index (χ0) is 16.9. The molecule has 0 aliphatic heterocycles. The number of nitrogens with zero attached hydrogens (tertiary/aromatic N) is 4. The number of amides is 1. The summed E-state index contributed by atoms with van der Waals surface area (Å²) < 4.78 is 3.21. The van der Waals surface area contributed by atoms with Crippen molar-refractivity contribution >= 4 is 5.91 Å². The second-order valence-corrected chi connectivity index (χ2v) is 6.13. The molecule has 1 N–H and O–H groups in total. The normalized spacial score (nSPS) is 13.9. The summed E-state index contributed by atoms with van der Waals surface area (Å²) in [5.41, 5.74) is 0.728. The standard InChI is InChI=1S/C17H23N5O2/c1-2-3-6-15(23)19-10-11-21-17(24)22(14-7-8-14)16(20-21)13-5-4-9-18-12-13/h4-5,9,12,14H,2-3,6-8,10-11H2,1H3,(H,19,23). The van der Waals surface area contributed by atoms with Gasteiger partial charge in [0.1, 0.15) is 0 Å². The van der Waals surface area contributed by atoms with E-state index >= 15 is 0 Å². The van der Waals surface area contributed by atoms with Gasteiger partial charge in [0.25, 0.3) is 0 Å². The summed E-state index contributed by atoms with van der Waals surface area (Å²) in [6.07, 6.45) is 7.84. The summed E-state index contributed by atoms with van der Waals surface area (Å²) in [4.78, 5) is 28.4. The van der Waals surface area contributed by atoms with Crippen LogP contribution in [0.2, 0.25) is 0 Å². The van der Waals surface area contributed by atoms with E-state index in [1.54, 1.807) is 17.0 Å². The minimum absolute atomic E-state index is 0.0269. The van der Waals surface area contributed by atoms with E-state index in [2.05, 4.69) is 22.3 Å². The molecule has 0 unspecified atom stereocenters. The molecule has 7 nitrogen and oxygen atoms in total. The summed E-state index contributed by atoms with van der Waals surface area (Å²) in [5, 5.41) is 7.32. The number of pyridine rings is 1. The molecule has 0 aromatic carbocycles. The third kappa shape index (κ3) is 3.72. The zero-order valence-corrected chi connectivity index (χ0v) is 13.9. The van der Waals surface area contributed by atoms with Crippen LogP contribution >= 0.6 is 0 Å². The molecule has 24 heavy (non-hydrogen) atoms. The van der Waals surface area contributed by atoms with Gasteiger partial charge in [0.05, 0.1) is 6.54 Å². The minimum Gasteiger partial charge on any atom is -0.354 e. The number of hydrogen-bond acceptors (Lipinski definition) is 4. The molecule has 1 aliphatic carbocycles. The van der Waals surface area contributed by atoms with Gasteiger partial charge < -0.3 is 5.32 Å². The van der Waals surface area contributed by atoms with Gasteiger partial charge in [-0.3, -0.25) is 14.3 Å². The van der Waals surface area contributed by atoms with Crippen LogP contribution < -0.4 is 11.0 Å². The Labute approximate surface area is 140 Å². The quantitative estimate of drug-likeness (QED) is 0.800.